The van der Waals surface area contributed by atoms with Gasteiger partial charge < -0.3 is 21.0 Å². The summed E-state index contributed by atoms with van der Waals surface area (Å²) < 4.78 is 5.39. The zero-order valence-electron chi connectivity index (χ0n) is 10.7. The summed E-state index contributed by atoms with van der Waals surface area (Å²) >= 11 is 0. The number of hydrogen-bond acceptors (Lipinski definition) is 4. The molecule has 1 aromatic carbocycles. The van der Waals surface area contributed by atoms with Crippen LogP contribution in [0.4, 0.5) is 0 Å². The van der Waals surface area contributed by atoms with Gasteiger partial charge in [0.25, 0.3) is 5.91 Å². The minimum atomic E-state index is -0.185. The summed E-state index contributed by atoms with van der Waals surface area (Å²) in [6, 6.07) is 6.67. The van der Waals surface area contributed by atoms with E-state index >= 15 is 0 Å². The van der Waals surface area contributed by atoms with E-state index in [0.29, 0.717) is 17.7 Å². The largest absolute Gasteiger partial charge is 0.409 e. The van der Waals surface area contributed by atoms with E-state index in [-0.39, 0.29) is 23.9 Å². The van der Waals surface area contributed by atoms with Crippen LogP contribution >= 0.6 is 0 Å². The van der Waals surface area contributed by atoms with Crippen LogP contribution in [0.3, 0.4) is 0 Å². The Labute approximate surface area is 111 Å². The maximum atomic E-state index is 12.1. The lowest BCUT2D eigenvalue weighted by Gasteiger charge is -2.16. The van der Waals surface area contributed by atoms with Gasteiger partial charge in [-0.25, -0.2) is 0 Å². The molecule has 0 bridgehead atoms. The molecule has 1 aliphatic rings. The standard InChI is InChI=1S/C13H17N3O3/c1-8-11(5-6-19-8)15-13(17)10-4-2-3-9(7-10)12(14)16-18/h2-4,7-8,11,18H,5-6H2,1H3,(H2,14,16)(H,15,17). The van der Waals surface area contributed by atoms with Crippen LogP contribution in [0.5, 0.6) is 0 Å². The maximum absolute atomic E-state index is 12.1. The summed E-state index contributed by atoms with van der Waals surface area (Å²) in [4.78, 5) is 12.1. The first-order chi connectivity index (χ1) is 9.11. The van der Waals surface area contributed by atoms with Gasteiger partial charge in [0.15, 0.2) is 5.84 Å². The summed E-state index contributed by atoms with van der Waals surface area (Å²) in [5.74, 6) is -0.206. The van der Waals surface area contributed by atoms with E-state index in [1.807, 2.05) is 6.92 Å². The SMILES string of the molecule is CC1OCCC1NC(=O)c1cccc(/C(N)=N/O)c1. The molecule has 2 atom stereocenters. The molecule has 102 valence electrons. The summed E-state index contributed by atoms with van der Waals surface area (Å²) in [5, 5.41) is 14.5. The Morgan fingerprint density at radius 2 is 2.26 bits per heavy atom. The molecule has 6 nitrogen and oxygen atoms in total. The van der Waals surface area contributed by atoms with Crippen molar-refractivity contribution in [2.75, 3.05) is 6.61 Å². The molecule has 1 aromatic rings. The highest BCUT2D eigenvalue weighted by Gasteiger charge is 2.26. The molecule has 1 heterocycles. The van der Waals surface area contributed by atoms with Gasteiger partial charge >= 0.3 is 0 Å². The maximum Gasteiger partial charge on any atom is 0.251 e. The first-order valence-corrected chi connectivity index (χ1v) is 6.12. The molecule has 4 N–H and O–H groups in total. The lowest BCUT2D eigenvalue weighted by molar-refractivity contribution is 0.0866. The van der Waals surface area contributed by atoms with E-state index in [0.717, 1.165) is 6.42 Å². The average Bonchev–Trinajstić information content (AvgIpc) is 2.83. The summed E-state index contributed by atoms with van der Waals surface area (Å²) in [7, 11) is 0. The molecular formula is C13H17N3O3. The van der Waals surface area contributed by atoms with E-state index < -0.39 is 0 Å². The van der Waals surface area contributed by atoms with Crippen LogP contribution in [0.1, 0.15) is 29.3 Å². The Hall–Kier alpha value is -2.08. The van der Waals surface area contributed by atoms with Crippen molar-refractivity contribution in [1.29, 1.82) is 0 Å². The fraction of sp³-hybridized carbons (Fsp3) is 0.385. The number of amides is 1. The van der Waals surface area contributed by atoms with Crippen molar-refractivity contribution in [3.63, 3.8) is 0 Å². The van der Waals surface area contributed by atoms with E-state index in [9.17, 15) is 4.79 Å². The first-order valence-electron chi connectivity index (χ1n) is 6.12. The molecule has 1 amide bonds. The van der Waals surface area contributed by atoms with Crippen molar-refractivity contribution in [3.05, 3.63) is 35.4 Å². The normalized spacial score (nSPS) is 23.3. The van der Waals surface area contributed by atoms with Crippen LogP contribution < -0.4 is 11.1 Å². The Kier molecular flexibility index (Phi) is 4.01. The number of rotatable bonds is 3. The molecule has 6 heteroatoms. The van der Waals surface area contributed by atoms with Gasteiger partial charge in [-0.3, -0.25) is 4.79 Å². The van der Waals surface area contributed by atoms with Gasteiger partial charge in [0.05, 0.1) is 12.1 Å². The lowest BCUT2D eigenvalue weighted by Crippen LogP contribution is -2.39. The van der Waals surface area contributed by atoms with E-state index in [1.165, 1.54) is 0 Å². The third-order valence-corrected chi connectivity index (χ3v) is 3.22. The van der Waals surface area contributed by atoms with E-state index in [1.54, 1.807) is 24.3 Å². The zero-order valence-corrected chi connectivity index (χ0v) is 10.7. The topological polar surface area (TPSA) is 96.9 Å². The summed E-state index contributed by atoms with van der Waals surface area (Å²) in [6.07, 6.45) is 0.837. The van der Waals surface area contributed by atoms with Gasteiger partial charge in [-0.05, 0) is 25.5 Å². The number of nitrogens with one attached hydrogen (secondary N) is 1. The van der Waals surface area contributed by atoms with Crippen molar-refractivity contribution in [2.24, 2.45) is 10.9 Å². The average molecular weight is 263 g/mol. The third-order valence-electron chi connectivity index (χ3n) is 3.22. The highest BCUT2D eigenvalue weighted by atomic mass is 16.5. The second-order valence-corrected chi connectivity index (χ2v) is 4.51. The molecule has 0 saturated carbocycles. The minimum Gasteiger partial charge on any atom is -0.409 e. The van der Waals surface area contributed by atoms with Crippen molar-refractivity contribution in [2.45, 2.75) is 25.5 Å². The number of nitrogens with zero attached hydrogens (tertiary/aromatic N) is 1. The van der Waals surface area contributed by atoms with Crippen LogP contribution in [-0.4, -0.2) is 35.7 Å². The summed E-state index contributed by atoms with van der Waals surface area (Å²) in [6.45, 7) is 2.60. The van der Waals surface area contributed by atoms with Gasteiger partial charge in [-0.1, -0.05) is 17.3 Å². The number of oxime groups is 1. The number of ether oxygens (including phenoxy) is 1. The molecule has 0 aliphatic carbocycles. The molecule has 1 fully saturated rings. The Balaban J connectivity index is 2.11. The fourth-order valence-electron chi connectivity index (χ4n) is 2.05. The Morgan fingerprint density at radius 3 is 2.89 bits per heavy atom. The molecule has 1 aliphatic heterocycles. The number of nitrogens with two attached hydrogens (primary N) is 1. The highest BCUT2D eigenvalue weighted by molar-refractivity contribution is 6.01. The molecule has 19 heavy (non-hydrogen) atoms. The van der Waals surface area contributed by atoms with Crippen molar-refractivity contribution in [1.82, 2.24) is 5.32 Å². The monoisotopic (exact) mass is 263 g/mol. The van der Waals surface area contributed by atoms with Gasteiger partial charge in [0.1, 0.15) is 0 Å². The Morgan fingerprint density at radius 1 is 1.53 bits per heavy atom. The van der Waals surface area contributed by atoms with Gasteiger partial charge in [0.2, 0.25) is 0 Å². The number of carbonyl (C=O) groups is 1. The minimum absolute atomic E-state index is 0.0211. The number of hydrogen-bond donors (Lipinski definition) is 3. The quantitative estimate of drug-likeness (QED) is 0.323. The highest BCUT2D eigenvalue weighted by Crippen LogP contribution is 2.14. The number of amidine groups is 1. The third kappa shape index (κ3) is 3.03. The second kappa shape index (κ2) is 5.71. The van der Waals surface area contributed by atoms with Crippen LogP contribution in [0, 0.1) is 0 Å². The summed E-state index contributed by atoms with van der Waals surface area (Å²) in [5.41, 5.74) is 6.48. The predicted octanol–water partition coefficient (Wildman–Crippen LogP) is 0.688. The molecular weight excluding hydrogens is 246 g/mol. The van der Waals surface area contributed by atoms with Crippen molar-refractivity contribution >= 4 is 11.7 Å². The molecule has 2 rings (SSSR count). The molecule has 0 radical (unpaired) electrons. The van der Waals surface area contributed by atoms with Gasteiger partial charge in [0, 0.05) is 17.7 Å². The van der Waals surface area contributed by atoms with Gasteiger partial charge in [-0.15, -0.1) is 0 Å². The number of carbonyl (C=O) groups excluding carboxylic acids is 1. The van der Waals surface area contributed by atoms with Gasteiger partial charge in [-0.2, -0.15) is 0 Å². The zero-order chi connectivity index (χ0) is 13.8. The van der Waals surface area contributed by atoms with Crippen LogP contribution in [0.15, 0.2) is 29.4 Å². The van der Waals surface area contributed by atoms with Crippen LogP contribution in [-0.2, 0) is 4.74 Å². The number of benzene rings is 1. The molecule has 0 spiro atoms. The van der Waals surface area contributed by atoms with Crippen LogP contribution in [0.25, 0.3) is 0 Å². The fourth-order valence-corrected chi connectivity index (χ4v) is 2.05. The molecule has 0 aromatic heterocycles. The smallest absolute Gasteiger partial charge is 0.251 e. The molecule has 2 unspecified atom stereocenters. The van der Waals surface area contributed by atoms with Crippen LogP contribution in [0.2, 0.25) is 0 Å². The van der Waals surface area contributed by atoms with E-state index in [2.05, 4.69) is 10.5 Å². The lowest BCUT2D eigenvalue weighted by atomic mass is 10.1. The molecule has 1 saturated heterocycles. The van der Waals surface area contributed by atoms with Crippen molar-refractivity contribution in [3.8, 4) is 0 Å². The first kappa shape index (κ1) is 13.4. The van der Waals surface area contributed by atoms with E-state index in [4.69, 9.17) is 15.7 Å². The van der Waals surface area contributed by atoms with Crippen molar-refractivity contribution < 1.29 is 14.7 Å². The second-order valence-electron chi connectivity index (χ2n) is 4.51. The predicted molar refractivity (Wildman–Crippen MR) is 70.2 cm³/mol. The Bertz CT molecular complexity index is 502.